The van der Waals surface area contributed by atoms with Crippen LogP contribution in [0.25, 0.3) is 0 Å². The number of hydrogen-bond donors (Lipinski definition) is 0. The van der Waals surface area contributed by atoms with Gasteiger partial charge in [0.2, 0.25) is 0 Å². The van der Waals surface area contributed by atoms with Gasteiger partial charge in [0.15, 0.2) is 11.5 Å². The van der Waals surface area contributed by atoms with Gasteiger partial charge in [-0.3, -0.25) is 0 Å². The van der Waals surface area contributed by atoms with Crippen LogP contribution in [0.1, 0.15) is 18.1 Å². The molecule has 0 amide bonds. The minimum atomic E-state index is -0.621. The fraction of sp³-hybridized carbons (Fsp3) is 0.250. The summed E-state index contributed by atoms with van der Waals surface area (Å²) < 4.78 is 37.7. The Morgan fingerprint density at radius 1 is 1.05 bits per heavy atom. The molecule has 21 heavy (non-hydrogen) atoms. The normalized spacial score (nSPS) is 10.5. The Hall–Kier alpha value is -1.62. The van der Waals surface area contributed by atoms with E-state index in [0.29, 0.717) is 29.0 Å². The van der Waals surface area contributed by atoms with Crippen molar-refractivity contribution >= 4 is 15.9 Å². The van der Waals surface area contributed by atoms with Crippen molar-refractivity contribution in [2.24, 2.45) is 0 Å². The molecule has 0 bridgehead atoms. The zero-order valence-corrected chi connectivity index (χ0v) is 13.1. The van der Waals surface area contributed by atoms with Crippen molar-refractivity contribution in [3.8, 4) is 11.5 Å². The molecule has 0 atom stereocenters. The molecule has 2 nitrogen and oxygen atoms in total. The first-order valence-corrected chi connectivity index (χ1v) is 7.65. The van der Waals surface area contributed by atoms with E-state index in [1.54, 1.807) is 6.07 Å². The zero-order valence-electron chi connectivity index (χ0n) is 11.5. The Bertz CT molecular complexity index is 617. The topological polar surface area (TPSA) is 18.5 Å². The molecule has 0 radical (unpaired) electrons. The van der Waals surface area contributed by atoms with Gasteiger partial charge in [-0.15, -0.1) is 0 Å². The average Bonchev–Trinajstić information content (AvgIpc) is 2.47. The number of benzene rings is 2. The molecule has 5 heteroatoms. The Kier molecular flexibility index (Phi) is 5.56. The number of halogens is 3. The van der Waals surface area contributed by atoms with Crippen LogP contribution >= 0.6 is 15.9 Å². The summed E-state index contributed by atoms with van der Waals surface area (Å²) >= 11 is 3.38. The molecule has 0 saturated carbocycles. The third kappa shape index (κ3) is 3.94. The van der Waals surface area contributed by atoms with E-state index in [1.165, 1.54) is 12.1 Å². The number of rotatable bonds is 6. The van der Waals surface area contributed by atoms with Crippen LogP contribution in [0.4, 0.5) is 8.78 Å². The first-order chi connectivity index (χ1) is 10.2. The fourth-order valence-electron chi connectivity index (χ4n) is 1.89. The molecule has 0 spiro atoms. The number of ether oxygens (including phenoxy) is 2. The van der Waals surface area contributed by atoms with Crippen molar-refractivity contribution in [3.63, 3.8) is 0 Å². The highest BCUT2D eigenvalue weighted by molar-refractivity contribution is 9.08. The summed E-state index contributed by atoms with van der Waals surface area (Å²) in [7, 11) is 0. The number of hydrogen-bond acceptors (Lipinski definition) is 2. The van der Waals surface area contributed by atoms with Gasteiger partial charge in [-0.05, 0) is 25.1 Å². The first kappa shape index (κ1) is 15.8. The van der Waals surface area contributed by atoms with Crippen molar-refractivity contribution in [1.29, 1.82) is 0 Å². The molecule has 0 heterocycles. The summed E-state index contributed by atoms with van der Waals surface area (Å²) in [4.78, 5) is 0. The van der Waals surface area contributed by atoms with Crippen LogP contribution in [0.3, 0.4) is 0 Å². The van der Waals surface area contributed by atoms with E-state index in [2.05, 4.69) is 15.9 Å². The summed E-state index contributed by atoms with van der Waals surface area (Å²) in [5, 5.41) is 0.592. The summed E-state index contributed by atoms with van der Waals surface area (Å²) in [6, 6.07) is 8.99. The summed E-state index contributed by atoms with van der Waals surface area (Å²) in [6.07, 6.45) is 0. The Morgan fingerprint density at radius 3 is 2.52 bits per heavy atom. The van der Waals surface area contributed by atoms with E-state index in [1.807, 2.05) is 19.1 Å². The largest absolute Gasteiger partial charge is 0.490 e. The number of alkyl halides is 1. The van der Waals surface area contributed by atoms with Gasteiger partial charge in [0.25, 0.3) is 0 Å². The van der Waals surface area contributed by atoms with Gasteiger partial charge < -0.3 is 9.47 Å². The molecule has 0 aliphatic rings. The SMILES string of the molecule is CCOc1cccc(CBr)c1OCc1ccc(F)cc1F. The van der Waals surface area contributed by atoms with Crippen LogP contribution in [0.5, 0.6) is 11.5 Å². The van der Waals surface area contributed by atoms with E-state index in [9.17, 15) is 8.78 Å². The maximum Gasteiger partial charge on any atom is 0.165 e. The first-order valence-electron chi connectivity index (χ1n) is 6.53. The van der Waals surface area contributed by atoms with Gasteiger partial charge in [-0.2, -0.15) is 0 Å². The second-order valence-electron chi connectivity index (χ2n) is 4.34. The van der Waals surface area contributed by atoms with Gasteiger partial charge in [-0.1, -0.05) is 28.1 Å². The van der Waals surface area contributed by atoms with E-state index >= 15 is 0 Å². The highest BCUT2D eigenvalue weighted by Crippen LogP contribution is 2.33. The predicted octanol–water partition coefficient (Wildman–Crippen LogP) is 4.84. The minimum absolute atomic E-state index is 0.0101. The van der Waals surface area contributed by atoms with Crippen LogP contribution in [0.2, 0.25) is 0 Å². The van der Waals surface area contributed by atoms with E-state index in [4.69, 9.17) is 9.47 Å². The van der Waals surface area contributed by atoms with E-state index in [-0.39, 0.29) is 6.61 Å². The van der Waals surface area contributed by atoms with Gasteiger partial charge in [0.05, 0.1) is 6.61 Å². The van der Waals surface area contributed by atoms with Gasteiger partial charge in [-0.25, -0.2) is 8.78 Å². The van der Waals surface area contributed by atoms with Gasteiger partial charge in [0, 0.05) is 22.5 Å². The molecule has 0 N–H and O–H groups in total. The van der Waals surface area contributed by atoms with Crippen molar-refractivity contribution < 1.29 is 18.3 Å². The predicted molar refractivity (Wildman–Crippen MR) is 80.9 cm³/mol. The molecule has 2 aromatic rings. The second-order valence-corrected chi connectivity index (χ2v) is 4.90. The average molecular weight is 357 g/mol. The van der Waals surface area contributed by atoms with Crippen molar-refractivity contribution in [2.75, 3.05) is 6.61 Å². The standard InChI is InChI=1S/C16H15BrF2O2/c1-2-20-15-5-3-4-11(9-17)16(15)21-10-12-6-7-13(18)8-14(12)19/h3-8H,2,9-10H2,1H3. The lowest BCUT2D eigenvalue weighted by Crippen LogP contribution is -2.03. The highest BCUT2D eigenvalue weighted by atomic mass is 79.9. The van der Waals surface area contributed by atoms with Crippen molar-refractivity contribution in [1.82, 2.24) is 0 Å². The Morgan fingerprint density at radius 2 is 1.86 bits per heavy atom. The quantitative estimate of drug-likeness (QED) is 0.689. The lowest BCUT2D eigenvalue weighted by atomic mass is 10.2. The smallest absolute Gasteiger partial charge is 0.165 e. The second kappa shape index (κ2) is 7.41. The molecular formula is C16H15BrF2O2. The van der Waals surface area contributed by atoms with Gasteiger partial charge in [0.1, 0.15) is 18.2 Å². The summed E-state index contributed by atoms with van der Waals surface area (Å²) in [5.74, 6) is -0.0479. The molecule has 0 aliphatic carbocycles. The van der Waals surface area contributed by atoms with Crippen LogP contribution < -0.4 is 9.47 Å². The zero-order chi connectivity index (χ0) is 15.2. The Balaban J connectivity index is 2.22. The van der Waals surface area contributed by atoms with Crippen LogP contribution in [0.15, 0.2) is 36.4 Å². The molecule has 0 aromatic heterocycles. The highest BCUT2D eigenvalue weighted by Gasteiger charge is 2.12. The van der Waals surface area contributed by atoms with Crippen molar-refractivity contribution in [3.05, 3.63) is 59.2 Å². The lowest BCUT2D eigenvalue weighted by molar-refractivity contribution is 0.264. The van der Waals surface area contributed by atoms with Crippen LogP contribution in [-0.4, -0.2) is 6.61 Å². The van der Waals surface area contributed by atoms with Crippen LogP contribution in [-0.2, 0) is 11.9 Å². The number of para-hydroxylation sites is 1. The summed E-state index contributed by atoms with van der Waals surface area (Å²) in [5.41, 5.74) is 1.20. The molecular weight excluding hydrogens is 342 g/mol. The monoisotopic (exact) mass is 356 g/mol. The molecule has 112 valence electrons. The molecule has 0 unspecified atom stereocenters. The lowest BCUT2D eigenvalue weighted by Gasteiger charge is -2.15. The minimum Gasteiger partial charge on any atom is -0.490 e. The molecule has 0 fully saturated rings. The maximum atomic E-state index is 13.6. The third-order valence-electron chi connectivity index (χ3n) is 2.89. The Labute approximate surface area is 130 Å². The molecule has 0 saturated heterocycles. The summed E-state index contributed by atoms with van der Waals surface area (Å²) in [6.45, 7) is 2.40. The molecule has 0 aliphatic heterocycles. The fourth-order valence-corrected chi connectivity index (χ4v) is 2.33. The third-order valence-corrected chi connectivity index (χ3v) is 3.50. The van der Waals surface area contributed by atoms with Crippen LogP contribution in [0, 0.1) is 11.6 Å². The van der Waals surface area contributed by atoms with Gasteiger partial charge >= 0.3 is 0 Å². The van der Waals surface area contributed by atoms with Crippen molar-refractivity contribution in [2.45, 2.75) is 18.9 Å². The molecule has 2 rings (SSSR count). The maximum absolute atomic E-state index is 13.6. The molecule has 2 aromatic carbocycles. The van der Waals surface area contributed by atoms with E-state index < -0.39 is 11.6 Å². The van der Waals surface area contributed by atoms with E-state index in [0.717, 1.165) is 11.6 Å².